The molecule has 0 bridgehead atoms. The van der Waals surface area contributed by atoms with Gasteiger partial charge in [-0.15, -0.1) is 11.3 Å². The van der Waals surface area contributed by atoms with Crippen LogP contribution in [0.1, 0.15) is 23.4 Å². The van der Waals surface area contributed by atoms with E-state index in [1.54, 1.807) is 11.3 Å². The highest BCUT2D eigenvalue weighted by molar-refractivity contribution is 7.09. The van der Waals surface area contributed by atoms with Crippen LogP contribution >= 0.6 is 11.3 Å². The number of hydrogen-bond acceptors (Lipinski definition) is 4. The fourth-order valence-electron chi connectivity index (χ4n) is 1.85. The Bertz CT molecular complexity index is 295. The first kappa shape index (κ1) is 11.0. The van der Waals surface area contributed by atoms with Crippen LogP contribution < -0.4 is 5.32 Å². The fourth-order valence-corrected chi connectivity index (χ4v) is 2.60. The highest BCUT2D eigenvalue weighted by Crippen LogP contribution is 2.14. The zero-order chi connectivity index (χ0) is 10.5. The molecular formula is C11H18N2OS. The van der Waals surface area contributed by atoms with Gasteiger partial charge in [-0.1, -0.05) is 0 Å². The van der Waals surface area contributed by atoms with Gasteiger partial charge in [-0.25, -0.2) is 4.98 Å². The molecule has 1 atom stereocenters. The second-order valence-corrected chi connectivity index (χ2v) is 5.01. The van der Waals surface area contributed by atoms with Gasteiger partial charge >= 0.3 is 0 Å². The van der Waals surface area contributed by atoms with Gasteiger partial charge in [0, 0.05) is 24.6 Å². The number of thiazole rings is 1. The lowest BCUT2D eigenvalue weighted by molar-refractivity contribution is 0.0548. The van der Waals surface area contributed by atoms with E-state index in [1.165, 1.54) is 17.7 Å². The standard InChI is InChI=1S/C11H18N2OS/c1-9-11(15-8-13-9)6-12-5-10-3-2-4-14-7-10/h8,10,12H,2-7H2,1H3. The molecule has 1 aliphatic rings. The van der Waals surface area contributed by atoms with E-state index in [1.807, 2.05) is 5.51 Å². The molecule has 0 aliphatic carbocycles. The van der Waals surface area contributed by atoms with Crippen molar-refractivity contribution in [1.82, 2.24) is 10.3 Å². The molecule has 2 rings (SSSR count). The van der Waals surface area contributed by atoms with Crippen molar-refractivity contribution in [2.75, 3.05) is 19.8 Å². The molecule has 0 saturated carbocycles. The average molecular weight is 226 g/mol. The average Bonchev–Trinajstić information content (AvgIpc) is 2.66. The largest absolute Gasteiger partial charge is 0.381 e. The Morgan fingerprint density at radius 1 is 1.67 bits per heavy atom. The quantitative estimate of drug-likeness (QED) is 0.852. The molecule has 1 aromatic rings. The topological polar surface area (TPSA) is 34.2 Å². The summed E-state index contributed by atoms with van der Waals surface area (Å²) >= 11 is 1.73. The maximum atomic E-state index is 5.44. The van der Waals surface area contributed by atoms with Crippen LogP contribution in [0.2, 0.25) is 0 Å². The molecule has 0 spiro atoms. The molecule has 84 valence electrons. The Labute approximate surface area is 94.9 Å². The van der Waals surface area contributed by atoms with Crippen molar-refractivity contribution >= 4 is 11.3 Å². The molecule has 2 heterocycles. The minimum absolute atomic E-state index is 0.701. The van der Waals surface area contributed by atoms with Crippen molar-refractivity contribution in [3.63, 3.8) is 0 Å². The van der Waals surface area contributed by atoms with E-state index in [9.17, 15) is 0 Å². The molecule has 4 heteroatoms. The van der Waals surface area contributed by atoms with Gasteiger partial charge in [-0.05, 0) is 25.7 Å². The molecule has 1 aliphatic heterocycles. The van der Waals surface area contributed by atoms with Gasteiger partial charge in [0.05, 0.1) is 17.8 Å². The Morgan fingerprint density at radius 3 is 3.27 bits per heavy atom. The molecule has 1 fully saturated rings. The lowest BCUT2D eigenvalue weighted by Gasteiger charge is -2.22. The van der Waals surface area contributed by atoms with E-state index < -0.39 is 0 Å². The van der Waals surface area contributed by atoms with Crippen molar-refractivity contribution in [3.05, 3.63) is 16.1 Å². The maximum absolute atomic E-state index is 5.44. The van der Waals surface area contributed by atoms with Crippen LogP contribution in [-0.2, 0) is 11.3 Å². The number of ether oxygens (including phenoxy) is 1. The van der Waals surface area contributed by atoms with E-state index in [0.29, 0.717) is 5.92 Å². The van der Waals surface area contributed by atoms with Crippen molar-refractivity contribution in [1.29, 1.82) is 0 Å². The van der Waals surface area contributed by atoms with Gasteiger partial charge in [0.2, 0.25) is 0 Å². The van der Waals surface area contributed by atoms with Gasteiger partial charge in [0.1, 0.15) is 0 Å². The van der Waals surface area contributed by atoms with Crippen molar-refractivity contribution < 1.29 is 4.74 Å². The van der Waals surface area contributed by atoms with Crippen LogP contribution in [-0.4, -0.2) is 24.7 Å². The van der Waals surface area contributed by atoms with E-state index >= 15 is 0 Å². The molecule has 0 radical (unpaired) electrons. The summed E-state index contributed by atoms with van der Waals surface area (Å²) in [7, 11) is 0. The van der Waals surface area contributed by atoms with Crippen molar-refractivity contribution in [3.8, 4) is 0 Å². The monoisotopic (exact) mass is 226 g/mol. The third kappa shape index (κ3) is 3.26. The summed E-state index contributed by atoms with van der Waals surface area (Å²) in [5.41, 5.74) is 3.07. The van der Waals surface area contributed by atoms with Crippen molar-refractivity contribution in [2.45, 2.75) is 26.3 Å². The molecule has 1 saturated heterocycles. The summed E-state index contributed by atoms with van der Waals surface area (Å²) in [6.07, 6.45) is 2.51. The Hall–Kier alpha value is -0.450. The Balaban J connectivity index is 1.68. The number of hydrogen-bond donors (Lipinski definition) is 1. The lowest BCUT2D eigenvalue weighted by atomic mass is 10.0. The van der Waals surface area contributed by atoms with E-state index in [0.717, 1.165) is 32.0 Å². The van der Waals surface area contributed by atoms with E-state index in [-0.39, 0.29) is 0 Å². The van der Waals surface area contributed by atoms with Gasteiger partial charge < -0.3 is 10.1 Å². The Kier molecular flexibility index (Phi) is 4.11. The van der Waals surface area contributed by atoms with Gasteiger partial charge in [-0.3, -0.25) is 0 Å². The van der Waals surface area contributed by atoms with Crippen LogP contribution in [0.25, 0.3) is 0 Å². The van der Waals surface area contributed by atoms with Gasteiger partial charge in [0.25, 0.3) is 0 Å². The van der Waals surface area contributed by atoms with Crippen LogP contribution in [0.4, 0.5) is 0 Å². The molecule has 15 heavy (non-hydrogen) atoms. The van der Waals surface area contributed by atoms with Crippen molar-refractivity contribution in [2.24, 2.45) is 5.92 Å². The molecule has 3 nitrogen and oxygen atoms in total. The van der Waals surface area contributed by atoms with E-state index in [4.69, 9.17) is 4.74 Å². The first-order valence-electron chi connectivity index (χ1n) is 5.53. The fraction of sp³-hybridized carbons (Fsp3) is 0.727. The Morgan fingerprint density at radius 2 is 2.60 bits per heavy atom. The SMILES string of the molecule is Cc1ncsc1CNCC1CCCOC1. The zero-order valence-corrected chi connectivity index (χ0v) is 9.98. The molecular weight excluding hydrogens is 208 g/mol. The zero-order valence-electron chi connectivity index (χ0n) is 9.16. The predicted molar refractivity (Wildman–Crippen MR) is 62.1 cm³/mol. The summed E-state index contributed by atoms with van der Waals surface area (Å²) < 4.78 is 5.44. The molecule has 1 unspecified atom stereocenters. The predicted octanol–water partition coefficient (Wildman–Crippen LogP) is 1.97. The third-order valence-corrected chi connectivity index (χ3v) is 3.75. The first-order chi connectivity index (χ1) is 7.36. The lowest BCUT2D eigenvalue weighted by Crippen LogP contribution is -2.28. The number of rotatable bonds is 4. The van der Waals surface area contributed by atoms with Crippen LogP contribution in [0, 0.1) is 12.8 Å². The second-order valence-electron chi connectivity index (χ2n) is 4.08. The van der Waals surface area contributed by atoms with Gasteiger partial charge in [0.15, 0.2) is 0 Å². The number of aromatic nitrogens is 1. The smallest absolute Gasteiger partial charge is 0.0798 e. The summed E-state index contributed by atoms with van der Waals surface area (Å²) in [6.45, 7) is 5.96. The first-order valence-corrected chi connectivity index (χ1v) is 6.41. The summed E-state index contributed by atoms with van der Waals surface area (Å²) in [5.74, 6) is 0.701. The highest BCUT2D eigenvalue weighted by Gasteiger charge is 2.13. The normalized spacial score (nSPS) is 21.8. The molecule has 0 amide bonds. The van der Waals surface area contributed by atoms with Gasteiger partial charge in [-0.2, -0.15) is 0 Å². The minimum Gasteiger partial charge on any atom is -0.381 e. The second kappa shape index (κ2) is 5.58. The number of nitrogens with one attached hydrogen (secondary N) is 1. The van der Waals surface area contributed by atoms with Crippen LogP contribution in [0.15, 0.2) is 5.51 Å². The summed E-state index contributed by atoms with van der Waals surface area (Å²) in [6, 6.07) is 0. The highest BCUT2D eigenvalue weighted by atomic mass is 32.1. The maximum Gasteiger partial charge on any atom is 0.0798 e. The van der Waals surface area contributed by atoms with Crippen LogP contribution in [0.5, 0.6) is 0 Å². The molecule has 0 aromatic carbocycles. The third-order valence-electron chi connectivity index (χ3n) is 2.82. The molecule has 1 aromatic heterocycles. The van der Waals surface area contributed by atoms with E-state index in [2.05, 4.69) is 17.2 Å². The number of nitrogens with zero attached hydrogens (tertiary/aromatic N) is 1. The summed E-state index contributed by atoms with van der Waals surface area (Å²) in [5, 5.41) is 3.49. The molecule has 1 N–H and O–H groups in total. The minimum atomic E-state index is 0.701. The van der Waals surface area contributed by atoms with Crippen LogP contribution in [0.3, 0.4) is 0 Å². The number of aryl methyl sites for hydroxylation is 1. The summed E-state index contributed by atoms with van der Waals surface area (Å²) in [4.78, 5) is 5.59.